The van der Waals surface area contributed by atoms with E-state index in [2.05, 4.69) is 9.47 Å². The van der Waals surface area contributed by atoms with Gasteiger partial charge in [-0.1, -0.05) is 18.2 Å². The van der Waals surface area contributed by atoms with Crippen molar-refractivity contribution in [2.75, 3.05) is 14.2 Å². The number of carbonyl (C=O) groups is 2. The molecular weight excluding hydrogens is 215 g/mol. The third-order valence-electron chi connectivity index (χ3n) is 2.09. The van der Waals surface area contributed by atoms with Crippen LogP contribution in [0.15, 0.2) is 24.3 Å². The number of hydrogen-bond donors (Lipinski definition) is 0. The molecule has 0 aromatic heterocycles. The van der Waals surface area contributed by atoms with Crippen molar-refractivity contribution in [3.63, 3.8) is 0 Å². The van der Waals surface area contributed by atoms with E-state index in [9.17, 15) is 14.0 Å². The Kier molecular flexibility index (Phi) is 3.99. The molecule has 0 N–H and O–H groups in total. The van der Waals surface area contributed by atoms with E-state index in [0.29, 0.717) is 0 Å². The molecule has 86 valence electrons. The second kappa shape index (κ2) is 5.25. The fourth-order valence-electron chi connectivity index (χ4n) is 1.30. The van der Waals surface area contributed by atoms with Gasteiger partial charge in [-0.15, -0.1) is 0 Å². The molecule has 4 nitrogen and oxygen atoms in total. The first-order chi connectivity index (χ1) is 7.61. The van der Waals surface area contributed by atoms with Crippen LogP contribution in [0.5, 0.6) is 0 Å². The van der Waals surface area contributed by atoms with E-state index in [-0.39, 0.29) is 5.56 Å². The second-order valence-electron chi connectivity index (χ2n) is 3.00. The second-order valence-corrected chi connectivity index (χ2v) is 3.00. The van der Waals surface area contributed by atoms with E-state index in [1.165, 1.54) is 18.2 Å². The van der Waals surface area contributed by atoms with Gasteiger partial charge in [-0.25, -0.2) is 4.39 Å². The van der Waals surface area contributed by atoms with Crippen molar-refractivity contribution in [1.29, 1.82) is 0 Å². The van der Waals surface area contributed by atoms with Crippen molar-refractivity contribution in [3.8, 4) is 0 Å². The minimum atomic E-state index is -1.38. The highest BCUT2D eigenvalue weighted by molar-refractivity contribution is 6.00. The molecule has 1 rings (SSSR count). The molecule has 0 aliphatic heterocycles. The molecule has 0 heterocycles. The molecule has 1 aromatic carbocycles. The van der Waals surface area contributed by atoms with Gasteiger partial charge in [0.15, 0.2) is 5.92 Å². The molecule has 0 spiro atoms. The lowest BCUT2D eigenvalue weighted by Gasteiger charge is -2.13. The Balaban J connectivity index is 3.16. The number of halogens is 1. The molecule has 0 amide bonds. The molecule has 1 aromatic rings. The smallest absolute Gasteiger partial charge is 0.324 e. The van der Waals surface area contributed by atoms with Crippen molar-refractivity contribution >= 4 is 11.9 Å². The predicted octanol–water partition coefficient (Wildman–Crippen LogP) is 1.26. The van der Waals surface area contributed by atoms with Crippen LogP contribution in [0.3, 0.4) is 0 Å². The van der Waals surface area contributed by atoms with Crippen LogP contribution in [0.25, 0.3) is 0 Å². The minimum Gasteiger partial charge on any atom is -0.468 e. The summed E-state index contributed by atoms with van der Waals surface area (Å²) in [6.07, 6.45) is 0. The predicted molar refractivity (Wildman–Crippen MR) is 53.2 cm³/mol. The Morgan fingerprint density at radius 2 is 1.62 bits per heavy atom. The number of esters is 2. The average molecular weight is 226 g/mol. The number of rotatable bonds is 3. The highest BCUT2D eigenvalue weighted by Gasteiger charge is 2.32. The fraction of sp³-hybridized carbons (Fsp3) is 0.273. The maximum Gasteiger partial charge on any atom is 0.324 e. The van der Waals surface area contributed by atoms with Gasteiger partial charge >= 0.3 is 11.9 Å². The summed E-state index contributed by atoms with van der Waals surface area (Å²) in [6.45, 7) is 0. The average Bonchev–Trinajstić information content (AvgIpc) is 2.31. The molecule has 0 fully saturated rings. The van der Waals surface area contributed by atoms with Gasteiger partial charge in [-0.2, -0.15) is 0 Å². The summed E-state index contributed by atoms with van der Waals surface area (Å²) in [6, 6.07) is 5.49. The fourth-order valence-corrected chi connectivity index (χ4v) is 1.30. The van der Waals surface area contributed by atoms with Crippen molar-refractivity contribution in [3.05, 3.63) is 35.6 Å². The van der Waals surface area contributed by atoms with E-state index >= 15 is 0 Å². The third kappa shape index (κ3) is 2.36. The Morgan fingerprint density at radius 1 is 1.12 bits per heavy atom. The molecule has 0 aliphatic rings. The van der Waals surface area contributed by atoms with Gasteiger partial charge in [0.25, 0.3) is 0 Å². The lowest BCUT2D eigenvalue weighted by Crippen LogP contribution is -2.25. The van der Waals surface area contributed by atoms with Crippen LogP contribution < -0.4 is 0 Å². The number of carbonyl (C=O) groups excluding carboxylic acids is 2. The van der Waals surface area contributed by atoms with Gasteiger partial charge in [-0.3, -0.25) is 9.59 Å². The number of hydrogen-bond acceptors (Lipinski definition) is 4. The summed E-state index contributed by atoms with van der Waals surface area (Å²) >= 11 is 0. The van der Waals surface area contributed by atoms with Gasteiger partial charge in [-0.05, 0) is 6.07 Å². The summed E-state index contributed by atoms with van der Waals surface area (Å²) in [5.41, 5.74) is -0.0544. The highest BCUT2D eigenvalue weighted by atomic mass is 19.1. The Morgan fingerprint density at radius 3 is 2.06 bits per heavy atom. The molecule has 16 heavy (non-hydrogen) atoms. The summed E-state index contributed by atoms with van der Waals surface area (Å²) in [5.74, 6) is -3.73. The van der Waals surface area contributed by atoms with Crippen LogP contribution in [0.1, 0.15) is 11.5 Å². The molecular formula is C11H11FO4. The van der Waals surface area contributed by atoms with E-state index in [0.717, 1.165) is 20.3 Å². The van der Waals surface area contributed by atoms with Gasteiger partial charge in [0.2, 0.25) is 0 Å². The van der Waals surface area contributed by atoms with E-state index in [4.69, 9.17) is 0 Å². The van der Waals surface area contributed by atoms with E-state index < -0.39 is 23.7 Å². The Labute approximate surface area is 92.0 Å². The Bertz CT molecular complexity index is 387. The van der Waals surface area contributed by atoms with Crippen LogP contribution in [-0.2, 0) is 19.1 Å². The van der Waals surface area contributed by atoms with Crippen LogP contribution in [0.2, 0.25) is 0 Å². The molecule has 0 aliphatic carbocycles. The number of benzene rings is 1. The van der Waals surface area contributed by atoms with Crippen molar-refractivity contribution in [2.45, 2.75) is 5.92 Å². The molecule has 5 heteroatoms. The maximum atomic E-state index is 13.4. The number of methoxy groups -OCH3 is 2. The van der Waals surface area contributed by atoms with Gasteiger partial charge < -0.3 is 9.47 Å². The molecule has 0 bridgehead atoms. The lowest BCUT2D eigenvalue weighted by molar-refractivity contribution is -0.154. The normalized spacial score (nSPS) is 10.0. The van der Waals surface area contributed by atoms with E-state index in [1.807, 2.05) is 0 Å². The zero-order valence-electron chi connectivity index (χ0n) is 8.90. The van der Waals surface area contributed by atoms with Crippen LogP contribution in [0, 0.1) is 5.82 Å². The Hall–Kier alpha value is -1.91. The molecule has 0 saturated carbocycles. The lowest BCUT2D eigenvalue weighted by atomic mass is 9.99. The quantitative estimate of drug-likeness (QED) is 0.575. The summed E-state index contributed by atoms with van der Waals surface area (Å²) in [4.78, 5) is 22.8. The van der Waals surface area contributed by atoms with E-state index in [1.54, 1.807) is 0 Å². The van der Waals surface area contributed by atoms with Crippen LogP contribution in [0.4, 0.5) is 4.39 Å². The zero-order chi connectivity index (χ0) is 12.1. The SMILES string of the molecule is COC(=O)C(C(=O)OC)c1ccccc1F. The molecule has 0 atom stereocenters. The maximum absolute atomic E-state index is 13.4. The molecule has 0 unspecified atom stereocenters. The monoisotopic (exact) mass is 226 g/mol. The zero-order valence-corrected chi connectivity index (χ0v) is 8.90. The summed E-state index contributed by atoms with van der Waals surface area (Å²) in [7, 11) is 2.25. The highest BCUT2D eigenvalue weighted by Crippen LogP contribution is 2.21. The van der Waals surface area contributed by atoms with Gasteiger partial charge in [0, 0.05) is 5.56 Å². The van der Waals surface area contributed by atoms with Crippen molar-refractivity contribution in [1.82, 2.24) is 0 Å². The summed E-state index contributed by atoms with van der Waals surface area (Å²) < 4.78 is 22.3. The number of ether oxygens (including phenoxy) is 2. The van der Waals surface area contributed by atoms with Gasteiger partial charge in [0.05, 0.1) is 14.2 Å². The first-order valence-electron chi connectivity index (χ1n) is 4.52. The van der Waals surface area contributed by atoms with Crippen LogP contribution >= 0.6 is 0 Å². The minimum absolute atomic E-state index is 0.0544. The third-order valence-corrected chi connectivity index (χ3v) is 2.09. The first kappa shape index (κ1) is 12.2. The molecule has 0 saturated heterocycles. The molecule has 0 radical (unpaired) electrons. The largest absolute Gasteiger partial charge is 0.468 e. The van der Waals surface area contributed by atoms with Gasteiger partial charge in [0.1, 0.15) is 5.82 Å². The summed E-state index contributed by atoms with van der Waals surface area (Å²) in [5, 5.41) is 0. The van der Waals surface area contributed by atoms with Crippen molar-refractivity contribution in [2.24, 2.45) is 0 Å². The van der Waals surface area contributed by atoms with Crippen LogP contribution in [-0.4, -0.2) is 26.2 Å². The standard InChI is InChI=1S/C11H11FO4/c1-15-10(13)9(11(14)16-2)7-5-3-4-6-8(7)12/h3-6,9H,1-2H3. The first-order valence-corrected chi connectivity index (χ1v) is 4.52. The van der Waals surface area contributed by atoms with Crippen molar-refractivity contribution < 1.29 is 23.5 Å². The topological polar surface area (TPSA) is 52.6 Å².